The summed E-state index contributed by atoms with van der Waals surface area (Å²) in [5.41, 5.74) is 1.24. The van der Waals surface area contributed by atoms with Gasteiger partial charge in [0.1, 0.15) is 6.10 Å². The molecule has 2 aliphatic carbocycles. The van der Waals surface area contributed by atoms with Crippen LogP contribution in [-0.4, -0.2) is 18.9 Å². The van der Waals surface area contributed by atoms with Gasteiger partial charge in [0.05, 0.1) is 0 Å². The van der Waals surface area contributed by atoms with Crippen molar-refractivity contribution in [3.8, 4) is 11.5 Å². The van der Waals surface area contributed by atoms with Gasteiger partial charge in [-0.2, -0.15) is 0 Å². The van der Waals surface area contributed by atoms with Gasteiger partial charge in [0, 0.05) is 11.5 Å². The average Bonchev–Trinajstić information content (AvgIpc) is 3.15. The maximum absolute atomic E-state index is 12.3. The maximum Gasteiger partial charge on any atom is 0.331 e. The number of rotatable bonds is 3. The molecule has 0 amide bonds. The van der Waals surface area contributed by atoms with Gasteiger partial charge in [-0.15, -0.1) is 0 Å². The molecule has 4 nitrogen and oxygen atoms in total. The molecule has 0 aromatic heterocycles. The summed E-state index contributed by atoms with van der Waals surface area (Å²) < 4.78 is 16.5. The Morgan fingerprint density at radius 3 is 2.75 bits per heavy atom. The second-order valence-corrected chi connectivity index (χ2v) is 7.98. The van der Waals surface area contributed by atoms with Gasteiger partial charge in [-0.3, -0.25) is 0 Å². The molecule has 128 valence electrons. The summed E-state index contributed by atoms with van der Waals surface area (Å²) >= 11 is 0. The van der Waals surface area contributed by atoms with Gasteiger partial charge in [-0.05, 0) is 54.4 Å². The molecule has 0 radical (unpaired) electrons. The summed E-state index contributed by atoms with van der Waals surface area (Å²) in [6.07, 6.45) is 6.71. The van der Waals surface area contributed by atoms with E-state index in [-0.39, 0.29) is 29.7 Å². The third-order valence-electron chi connectivity index (χ3n) is 6.78. The molecule has 2 saturated carbocycles. The predicted octanol–water partition coefficient (Wildman–Crippen LogP) is 4.19. The van der Waals surface area contributed by atoms with Crippen molar-refractivity contribution < 1.29 is 19.0 Å². The van der Waals surface area contributed by atoms with Crippen LogP contribution in [0.25, 0.3) is 6.08 Å². The monoisotopic (exact) mass is 328 g/mol. The van der Waals surface area contributed by atoms with Crippen LogP contribution < -0.4 is 9.47 Å². The first-order chi connectivity index (χ1) is 11.4. The van der Waals surface area contributed by atoms with Crippen LogP contribution in [0.15, 0.2) is 24.3 Å². The molecular weight excluding hydrogens is 304 g/mol. The van der Waals surface area contributed by atoms with Gasteiger partial charge in [0.25, 0.3) is 0 Å². The molecule has 4 rings (SSSR count). The minimum atomic E-state index is -0.262. The molecule has 3 atom stereocenters. The predicted molar refractivity (Wildman–Crippen MR) is 90.7 cm³/mol. The van der Waals surface area contributed by atoms with Gasteiger partial charge in [0.15, 0.2) is 11.5 Å². The summed E-state index contributed by atoms with van der Waals surface area (Å²) in [5, 5.41) is 0. The summed E-state index contributed by atoms with van der Waals surface area (Å²) in [7, 11) is 0. The molecule has 1 aromatic rings. The molecular formula is C20H24O4. The molecule has 2 bridgehead atoms. The SMILES string of the molecule is CC1(C)C2CCC1(C)C(OC(=O)/C=C/c1ccc3c(c1)OCO3)C2. The minimum absolute atomic E-state index is 0.0279. The molecule has 2 fully saturated rings. The molecule has 0 spiro atoms. The van der Waals surface area contributed by atoms with Crippen LogP contribution >= 0.6 is 0 Å². The van der Waals surface area contributed by atoms with Crippen molar-refractivity contribution in [3.63, 3.8) is 0 Å². The van der Waals surface area contributed by atoms with Crippen molar-refractivity contribution in [2.24, 2.45) is 16.7 Å². The van der Waals surface area contributed by atoms with Crippen LogP contribution in [0.5, 0.6) is 11.5 Å². The number of fused-ring (bicyclic) bond motifs is 3. The number of hydrogen-bond acceptors (Lipinski definition) is 4. The molecule has 0 N–H and O–H groups in total. The maximum atomic E-state index is 12.3. The minimum Gasteiger partial charge on any atom is -0.459 e. The molecule has 3 unspecified atom stereocenters. The normalized spacial score (nSPS) is 32.5. The second-order valence-electron chi connectivity index (χ2n) is 7.98. The van der Waals surface area contributed by atoms with E-state index in [1.165, 1.54) is 12.5 Å². The van der Waals surface area contributed by atoms with Gasteiger partial charge in [0.2, 0.25) is 6.79 Å². The highest BCUT2D eigenvalue weighted by atomic mass is 16.7. The van der Waals surface area contributed by atoms with E-state index >= 15 is 0 Å². The van der Waals surface area contributed by atoms with Crippen molar-refractivity contribution in [1.29, 1.82) is 0 Å². The van der Waals surface area contributed by atoms with E-state index in [0.29, 0.717) is 11.7 Å². The molecule has 0 saturated heterocycles. The van der Waals surface area contributed by atoms with E-state index in [4.69, 9.17) is 14.2 Å². The van der Waals surface area contributed by atoms with Gasteiger partial charge < -0.3 is 14.2 Å². The average molecular weight is 328 g/mol. The number of esters is 1. The van der Waals surface area contributed by atoms with E-state index in [0.717, 1.165) is 24.2 Å². The van der Waals surface area contributed by atoms with E-state index in [1.54, 1.807) is 6.08 Å². The Labute approximate surface area is 142 Å². The van der Waals surface area contributed by atoms with Crippen molar-refractivity contribution in [3.05, 3.63) is 29.8 Å². The van der Waals surface area contributed by atoms with Crippen molar-refractivity contribution >= 4 is 12.0 Å². The third-order valence-corrected chi connectivity index (χ3v) is 6.78. The second kappa shape index (κ2) is 5.27. The lowest BCUT2D eigenvalue weighted by molar-refractivity contribution is -0.150. The van der Waals surface area contributed by atoms with Crippen LogP contribution in [0, 0.1) is 16.7 Å². The van der Waals surface area contributed by atoms with Crippen LogP contribution in [0.1, 0.15) is 45.6 Å². The van der Waals surface area contributed by atoms with Crippen LogP contribution in [-0.2, 0) is 9.53 Å². The lowest BCUT2D eigenvalue weighted by Crippen LogP contribution is -2.38. The Bertz CT molecular complexity index is 706. The lowest BCUT2D eigenvalue weighted by Gasteiger charge is -2.38. The number of benzene rings is 1. The largest absolute Gasteiger partial charge is 0.459 e. The Morgan fingerprint density at radius 2 is 2.04 bits per heavy atom. The van der Waals surface area contributed by atoms with E-state index in [2.05, 4.69) is 20.8 Å². The zero-order chi connectivity index (χ0) is 16.9. The van der Waals surface area contributed by atoms with Crippen LogP contribution in [0.4, 0.5) is 0 Å². The molecule has 1 aliphatic heterocycles. The van der Waals surface area contributed by atoms with Gasteiger partial charge in [-0.25, -0.2) is 4.79 Å². The quantitative estimate of drug-likeness (QED) is 0.616. The van der Waals surface area contributed by atoms with Crippen LogP contribution in [0.3, 0.4) is 0 Å². The Kier molecular flexibility index (Phi) is 3.41. The fourth-order valence-corrected chi connectivity index (χ4v) is 4.67. The zero-order valence-corrected chi connectivity index (χ0v) is 14.5. The molecule has 24 heavy (non-hydrogen) atoms. The Morgan fingerprint density at radius 1 is 1.25 bits per heavy atom. The van der Waals surface area contributed by atoms with Gasteiger partial charge in [-0.1, -0.05) is 26.8 Å². The third kappa shape index (κ3) is 2.23. The first-order valence-corrected chi connectivity index (χ1v) is 8.68. The van der Waals surface area contributed by atoms with Crippen molar-refractivity contribution in [1.82, 2.24) is 0 Å². The smallest absolute Gasteiger partial charge is 0.331 e. The number of ether oxygens (including phenoxy) is 3. The molecule has 4 heteroatoms. The lowest BCUT2D eigenvalue weighted by atomic mass is 9.70. The summed E-state index contributed by atoms with van der Waals surface area (Å²) in [6.45, 7) is 7.17. The Balaban J connectivity index is 1.43. The van der Waals surface area contributed by atoms with Crippen molar-refractivity contribution in [2.45, 2.75) is 46.1 Å². The van der Waals surface area contributed by atoms with E-state index < -0.39 is 0 Å². The highest BCUT2D eigenvalue weighted by Gasteiger charge is 2.62. The molecule has 3 aliphatic rings. The standard InChI is InChI=1S/C20H24O4/c1-19(2)14-8-9-20(19,3)17(11-14)24-18(21)7-5-13-4-6-15-16(10-13)23-12-22-15/h4-7,10,14,17H,8-9,11-12H2,1-3H3/b7-5+. The van der Waals surface area contributed by atoms with E-state index in [1.807, 2.05) is 18.2 Å². The zero-order valence-electron chi connectivity index (χ0n) is 14.5. The molecule has 1 heterocycles. The van der Waals surface area contributed by atoms with Gasteiger partial charge >= 0.3 is 5.97 Å². The van der Waals surface area contributed by atoms with Crippen molar-refractivity contribution in [2.75, 3.05) is 6.79 Å². The summed E-state index contributed by atoms with van der Waals surface area (Å²) in [5.74, 6) is 1.86. The summed E-state index contributed by atoms with van der Waals surface area (Å²) in [4.78, 5) is 12.3. The number of carbonyl (C=O) groups is 1. The highest BCUT2D eigenvalue weighted by Crippen LogP contribution is 2.66. The Hall–Kier alpha value is -1.97. The van der Waals surface area contributed by atoms with E-state index in [9.17, 15) is 4.79 Å². The van der Waals surface area contributed by atoms with Crippen LogP contribution in [0.2, 0.25) is 0 Å². The number of carbonyl (C=O) groups excluding carboxylic acids is 1. The molecule has 1 aromatic carbocycles. The fourth-order valence-electron chi connectivity index (χ4n) is 4.67. The summed E-state index contributed by atoms with van der Waals surface area (Å²) in [6, 6.07) is 5.63. The first kappa shape index (κ1) is 15.6. The topological polar surface area (TPSA) is 44.8 Å². The fraction of sp³-hybridized carbons (Fsp3) is 0.550. The highest BCUT2D eigenvalue weighted by molar-refractivity contribution is 5.87. The first-order valence-electron chi connectivity index (χ1n) is 8.68. The number of hydrogen-bond donors (Lipinski definition) is 0.